The van der Waals surface area contributed by atoms with Crippen LogP contribution in [0.15, 0.2) is 18.2 Å². The van der Waals surface area contributed by atoms with Gasteiger partial charge in [0.1, 0.15) is 11.8 Å². The van der Waals surface area contributed by atoms with Crippen molar-refractivity contribution in [2.45, 2.75) is 45.3 Å². The molecule has 1 heterocycles. The summed E-state index contributed by atoms with van der Waals surface area (Å²) in [6, 6.07) is 5.67. The number of hydrogen-bond acceptors (Lipinski definition) is 3. The Kier molecular flexibility index (Phi) is 3.89. The van der Waals surface area contributed by atoms with Crippen molar-refractivity contribution in [2.24, 2.45) is 11.8 Å². The van der Waals surface area contributed by atoms with Crippen molar-refractivity contribution in [3.8, 4) is 5.75 Å². The smallest absolute Gasteiger partial charge is 0.246 e. The van der Waals surface area contributed by atoms with E-state index < -0.39 is 0 Å². The Balaban J connectivity index is 1.71. The Morgan fingerprint density at radius 1 is 1.24 bits per heavy atom. The van der Waals surface area contributed by atoms with Gasteiger partial charge >= 0.3 is 0 Å². The van der Waals surface area contributed by atoms with Gasteiger partial charge in [0.15, 0.2) is 0 Å². The van der Waals surface area contributed by atoms with E-state index in [2.05, 4.69) is 24.5 Å². The third-order valence-electron chi connectivity index (χ3n) is 5.00. The molecule has 4 nitrogen and oxygen atoms in total. The van der Waals surface area contributed by atoms with Crippen LogP contribution in [-0.4, -0.2) is 19.1 Å². The minimum absolute atomic E-state index is 0.00441. The molecular formula is C17H24N2O2. The number of carbonyl (C=O) groups excluding carboxylic acids is 1. The van der Waals surface area contributed by atoms with Gasteiger partial charge in [-0.05, 0) is 44.2 Å². The minimum atomic E-state index is -0.246. The van der Waals surface area contributed by atoms with Crippen LogP contribution in [0.5, 0.6) is 5.75 Å². The average Bonchev–Trinajstić information content (AvgIpc) is 2.77. The van der Waals surface area contributed by atoms with Crippen molar-refractivity contribution in [2.75, 3.05) is 12.4 Å². The number of hydrogen-bond donors (Lipinski definition) is 2. The van der Waals surface area contributed by atoms with Gasteiger partial charge in [-0.1, -0.05) is 19.9 Å². The summed E-state index contributed by atoms with van der Waals surface area (Å²) in [7, 11) is 1.80. The van der Waals surface area contributed by atoms with E-state index >= 15 is 0 Å². The second kappa shape index (κ2) is 5.68. The van der Waals surface area contributed by atoms with E-state index in [-0.39, 0.29) is 11.9 Å². The maximum Gasteiger partial charge on any atom is 0.246 e. The molecule has 2 N–H and O–H groups in total. The Morgan fingerprint density at radius 3 is 2.76 bits per heavy atom. The fourth-order valence-corrected chi connectivity index (χ4v) is 3.40. The zero-order valence-electron chi connectivity index (χ0n) is 13.0. The Hall–Kier alpha value is -1.55. The molecule has 1 fully saturated rings. The molecule has 0 aromatic heterocycles. The van der Waals surface area contributed by atoms with Crippen LogP contribution in [0, 0.1) is 11.8 Å². The summed E-state index contributed by atoms with van der Waals surface area (Å²) < 4.78 is 6.13. The van der Waals surface area contributed by atoms with E-state index in [0.29, 0.717) is 12.0 Å². The first-order valence-electron chi connectivity index (χ1n) is 7.87. The Bertz CT molecular complexity index is 544. The van der Waals surface area contributed by atoms with Gasteiger partial charge in [0.25, 0.3) is 0 Å². The summed E-state index contributed by atoms with van der Waals surface area (Å²) in [5.74, 6) is 2.37. The van der Waals surface area contributed by atoms with E-state index in [9.17, 15) is 4.79 Å². The third kappa shape index (κ3) is 2.77. The van der Waals surface area contributed by atoms with Crippen molar-refractivity contribution >= 4 is 11.6 Å². The predicted molar refractivity (Wildman–Crippen MR) is 83.5 cm³/mol. The molecule has 0 saturated heterocycles. The van der Waals surface area contributed by atoms with Gasteiger partial charge in [-0.25, -0.2) is 0 Å². The quantitative estimate of drug-likeness (QED) is 0.898. The molecule has 1 amide bonds. The SMILES string of the molecule is CNC1C(=O)Nc2cc(OC3CCC(C)C(C)C3)ccc21. The monoisotopic (exact) mass is 288 g/mol. The first-order chi connectivity index (χ1) is 10.1. The maximum absolute atomic E-state index is 11.8. The molecule has 0 radical (unpaired) electrons. The number of ether oxygens (including phenoxy) is 1. The first-order valence-corrected chi connectivity index (χ1v) is 7.87. The number of amides is 1. The zero-order valence-corrected chi connectivity index (χ0v) is 13.0. The molecule has 1 saturated carbocycles. The molecule has 1 aliphatic carbocycles. The molecule has 4 atom stereocenters. The molecule has 1 aromatic rings. The van der Waals surface area contributed by atoms with Crippen LogP contribution in [0.3, 0.4) is 0 Å². The predicted octanol–water partition coefficient (Wildman–Crippen LogP) is 3.10. The number of fused-ring (bicyclic) bond motifs is 1. The van der Waals surface area contributed by atoms with Crippen molar-refractivity contribution in [1.82, 2.24) is 5.32 Å². The minimum Gasteiger partial charge on any atom is -0.490 e. The molecule has 3 rings (SSSR count). The van der Waals surface area contributed by atoms with Crippen molar-refractivity contribution in [3.05, 3.63) is 23.8 Å². The highest BCUT2D eigenvalue weighted by molar-refractivity contribution is 6.02. The van der Waals surface area contributed by atoms with Crippen LogP contribution in [0.2, 0.25) is 0 Å². The second-order valence-corrected chi connectivity index (χ2v) is 6.47. The zero-order chi connectivity index (χ0) is 15.0. The van der Waals surface area contributed by atoms with Crippen LogP contribution in [0.1, 0.15) is 44.7 Å². The Labute approximate surface area is 126 Å². The normalized spacial score (nSPS) is 31.7. The standard InChI is InChI=1S/C17H24N2O2/c1-10-4-5-12(8-11(10)2)21-13-6-7-14-15(9-13)19-17(20)16(14)18-3/h6-7,9-12,16,18H,4-5,8H2,1-3H3,(H,19,20). The lowest BCUT2D eigenvalue weighted by Gasteiger charge is -2.32. The van der Waals surface area contributed by atoms with Gasteiger partial charge in [0.05, 0.1) is 6.10 Å². The van der Waals surface area contributed by atoms with Gasteiger partial charge in [0.2, 0.25) is 5.91 Å². The number of likely N-dealkylation sites (N-methyl/N-ethyl adjacent to an activating group) is 1. The molecule has 114 valence electrons. The van der Waals surface area contributed by atoms with Crippen LogP contribution < -0.4 is 15.4 Å². The summed E-state index contributed by atoms with van der Waals surface area (Å²) in [5, 5.41) is 5.94. The van der Waals surface area contributed by atoms with Crippen LogP contribution in [0.25, 0.3) is 0 Å². The van der Waals surface area contributed by atoms with Gasteiger partial charge in [-0.2, -0.15) is 0 Å². The molecule has 0 spiro atoms. The number of nitrogens with one attached hydrogen (secondary N) is 2. The van der Waals surface area contributed by atoms with Crippen molar-refractivity contribution < 1.29 is 9.53 Å². The number of rotatable bonds is 3. The molecule has 0 bridgehead atoms. The molecule has 21 heavy (non-hydrogen) atoms. The summed E-state index contributed by atoms with van der Waals surface area (Å²) in [5.41, 5.74) is 1.87. The van der Waals surface area contributed by atoms with E-state index in [0.717, 1.165) is 35.8 Å². The van der Waals surface area contributed by atoms with Gasteiger partial charge in [0, 0.05) is 17.3 Å². The van der Waals surface area contributed by atoms with Crippen molar-refractivity contribution in [1.29, 1.82) is 0 Å². The molecule has 2 aliphatic rings. The highest BCUT2D eigenvalue weighted by Gasteiger charge is 2.30. The summed E-state index contributed by atoms with van der Waals surface area (Å²) in [6.07, 6.45) is 3.76. The molecule has 1 aromatic carbocycles. The molecule has 4 heteroatoms. The van der Waals surface area contributed by atoms with Crippen LogP contribution in [0.4, 0.5) is 5.69 Å². The van der Waals surface area contributed by atoms with E-state index in [1.54, 1.807) is 7.05 Å². The fourth-order valence-electron chi connectivity index (χ4n) is 3.40. The second-order valence-electron chi connectivity index (χ2n) is 6.47. The first kappa shape index (κ1) is 14.4. The van der Waals surface area contributed by atoms with Gasteiger partial charge in [-0.3, -0.25) is 4.79 Å². The fraction of sp³-hybridized carbons (Fsp3) is 0.588. The van der Waals surface area contributed by atoms with E-state index in [1.807, 2.05) is 18.2 Å². The van der Waals surface area contributed by atoms with Crippen molar-refractivity contribution in [3.63, 3.8) is 0 Å². The van der Waals surface area contributed by atoms with Gasteiger partial charge in [-0.15, -0.1) is 0 Å². The molecule has 1 aliphatic heterocycles. The number of benzene rings is 1. The lowest BCUT2D eigenvalue weighted by molar-refractivity contribution is -0.117. The summed E-state index contributed by atoms with van der Waals surface area (Å²) in [6.45, 7) is 4.63. The molecule has 4 unspecified atom stereocenters. The average molecular weight is 288 g/mol. The van der Waals surface area contributed by atoms with Gasteiger partial charge < -0.3 is 15.4 Å². The van der Waals surface area contributed by atoms with Crippen LogP contribution in [-0.2, 0) is 4.79 Å². The maximum atomic E-state index is 11.8. The summed E-state index contributed by atoms with van der Waals surface area (Å²) >= 11 is 0. The molecular weight excluding hydrogens is 264 g/mol. The highest BCUT2D eigenvalue weighted by atomic mass is 16.5. The highest BCUT2D eigenvalue weighted by Crippen LogP contribution is 2.36. The lowest BCUT2D eigenvalue weighted by atomic mass is 9.80. The topological polar surface area (TPSA) is 50.4 Å². The van der Waals surface area contributed by atoms with E-state index in [1.165, 1.54) is 6.42 Å². The van der Waals surface area contributed by atoms with Crippen LogP contribution >= 0.6 is 0 Å². The third-order valence-corrected chi connectivity index (χ3v) is 5.00. The lowest BCUT2D eigenvalue weighted by Crippen LogP contribution is -2.28. The van der Waals surface area contributed by atoms with E-state index in [4.69, 9.17) is 4.74 Å². The number of carbonyl (C=O) groups is 1. The Morgan fingerprint density at radius 2 is 2.05 bits per heavy atom. The number of anilines is 1. The largest absolute Gasteiger partial charge is 0.490 e. The summed E-state index contributed by atoms with van der Waals surface area (Å²) in [4.78, 5) is 11.8.